The lowest BCUT2D eigenvalue weighted by atomic mass is 10.1. The molecule has 0 aliphatic carbocycles. The average molecular weight is 499 g/mol. The van der Waals surface area contributed by atoms with E-state index in [0.717, 1.165) is 18.9 Å². The average Bonchev–Trinajstić information content (AvgIpc) is 2.74. The fourth-order valence-electron chi connectivity index (χ4n) is 3.92. The first-order chi connectivity index (χ1) is 13.9. The van der Waals surface area contributed by atoms with Crippen LogP contribution in [0, 0.1) is 0 Å². The van der Waals surface area contributed by atoms with E-state index in [1.807, 2.05) is 30.3 Å². The summed E-state index contributed by atoms with van der Waals surface area (Å²) in [6, 6.07) is 10.1. The zero-order valence-corrected chi connectivity index (χ0v) is 21.7. The normalized spacial score (nSPS) is 14.2. The molecule has 0 amide bonds. The molecule has 0 spiro atoms. The maximum absolute atomic E-state index is 5.75. The van der Waals surface area contributed by atoms with Crippen molar-refractivity contribution in [2.75, 3.05) is 52.4 Å². The van der Waals surface area contributed by atoms with Gasteiger partial charge in [-0.1, -0.05) is 56.7 Å². The summed E-state index contributed by atoms with van der Waals surface area (Å²) in [4.78, 5) is 5.32. The lowest BCUT2D eigenvalue weighted by Crippen LogP contribution is -2.46. The van der Waals surface area contributed by atoms with Crippen LogP contribution in [0.3, 0.4) is 0 Å². The van der Waals surface area contributed by atoms with Gasteiger partial charge in [-0.2, -0.15) is 0 Å². The van der Waals surface area contributed by atoms with Gasteiger partial charge in [-0.15, -0.1) is 37.2 Å². The maximum atomic E-state index is 5.75. The monoisotopic (exact) mass is 497 g/mol. The molecule has 1 aliphatic rings. The van der Waals surface area contributed by atoms with Gasteiger partial charge in [-0.3, -0.25) is 0 Å². The third-order valence-electron chi connectivity index (χ3n) is 5.77. The van der Waals surface area contributed by atoms with Crippen molar-refractivity contribution >= 4 is 37.2 Å². The van der Waals surface area contributed by atoms with E-state index in [1.54, 1.807) is 0 Å². The number of halogens is 3. The molecule has 184 valence electrons. The molecule has 2 rings (SSSR count). The molecule has 0 saturated carbocycles. The number of benzene rings is 1. The molecule has 0 atom stereocenters. The summed E-state index contributed by atoms with van der Waals surface area (Å²) in [6.45, 7) is 9.33. The van der Waals surface area contributed by atoms with Crippen LogP contribution in [0.25, 0.3) is 0 Å². The maximum Gasteiger partial charge on any atom is 0.119 e. The molecule has 4 nitrogen and oxygen atoms in total. The molecule has 0 radical (unpaired) electrons. The molecule has 1 aromatic rings. The van der Waals surface area contributed by atoms with Gasteiger partial charge in [-0.05, 0) is 57.5 Å². The molecule has 0 aromatic heterocycles. The Labute approximate surface area is 209 Å². The first-order valence-electron chi connectivity index (χ1n) is 11.7. The summed E-state index contributed by atoms with van der Waals surface area (Å²) >= 11 is 0. The molecule has 1 aromatic carbocycles. The van der Waals surface area contributed by atoms with Crippen molar-refractivity contribution in [2.45, 2.75) is 64.2 Å². The Bertz CT molecular complexity index is 474. The highest BCUT2D eigenvalue weighted by molar-refractivity contribution is 5.86. The Morgan fingerprint density at radius 3 is 1.58 bits per heavy atom. The first-order valence-corrected chi connectivity index (χ1v) is 11.7. The predicted molar refractivity (Wildman–Crippen MR) is 142 cm³/mol. The van der Waals surface area contributed by atoms with Crippen molar-refractivity contribution in [1.82, 2.24) is 9.80 Å². The summed E-state index contributed by atoms with van der Waals surface area (Å²) in [7, 11) is 0. The molecule has 0 unspecified atom stereocenters. The molecule has 1 heterocycles. The summed E-state index contributed by atoms with van der Waals surface area (Å²) in [5, 5.41) is 0. The molecule has 1 saturated heterocycles. The van der Waals surface area contributed by atoms with E-state index in [9.17, 15) is 0 Å². The number of hydrogen-bond acceptors (Lipinski definition) is 4. The van der Waals surface area contributed by atoms with E-state index in [1.165, 1.54) is 103 Å². The van der Waals surface area contributed by atoms with Crippen molar-refractivity contribution in [1.29, 1.82) is 0 Å². The predicted octanol–water partition coefficient (Wildman–Crippen LogP) is 5.81. The van der Waals surface area contributed by atoms with Gasteiger partial charge in [0.25, 0.3) is 0 Å². The Balaban J connectivity index is 0. The van der Waals surface area contributed by atoms with Gasteiger partial charge < -0.3 is 20.3 Å². The van der Waals surface area contributed by atoms with Crippen LogP contribution in [0.4, 0.5) is 0 Å². The summed E-state index contributed by atoms with van der Waals surface area (Å²) < 4.78 is 5.75. The Morgan fingerprint density at radius 2 is 1.06 bits per heavy atom. The fourth-order valence-corrected chi connectivity index (χ4v) is 3.92. The SMILES string of the molecule is Cl.Cl.Cl.NCCCCCCCN1CCN(CCCCCCCOc2ccccc2)CC1. The van der Waals surface area contributed by atoms with Gasteiger partial charge in [-0.25, -0.2) is 0 Å². The quantitative estimate of drug-likeness (QED) is 0.292. The first kappa shape index (κ1) is 32.9. The number of hydrogen-bond donors (Lipinski definition) is 1. The molecular weight excluding hydrogens is 453 g/mol. The van der Waals surface area contributed by atoms with Gasteiger partial charge in [0.1, 0.15) is 5.75 Å². The minimum Gasteiger partial charge on any atom is -0.494 e. The zero-order valence-electron chi connectivity index (χ0n) is 19.2. The van der Waals surface area contributed by atoms with E-state index in [0.29, 0.717) is 0 Å². The second kappa shape index (κ2) is 22.9. The van der Waals surface area contributed by atoms with Crippen molar-refractivity contribution in [3.8, 4) is 5.75 Å². The smallest absolute Gasteiger partial charge is 0.119 e. The number of nitrogens with zero attached hydrogens (tertiary/aromatic N) is 2. The lowest BCUT2D eigenvalue weighted by Gasteiger charge is -2.34. The lowest BCUT2D eigenvalue weighted by molar-refractivity contribution is 0.129. The molecule has 2 N–H and O–H groups in total. The van der Waals surface area contributed by atoms with E-state index in [-0.39, 0.29) is 37.2 Å². The van der Waals surface area contributed by atoms with Crippen LogP contribution >= 0.6 is 37.2 Å². The van der Waals surface area contributed by atoms with E-state index in [2.05, 4.69) is 9.80 Å². The van der Waals surface area contributed by atoms with Crippen molar-refractivity contribution < 1.29 is 4.74 Å². The number of para-hydroxylation sites is 1. The topological polar surface area (TPSA) is 41.7 Å². The molecule has 1 aliphatic heterocycles. The summed E-state index contributed by atoms with van der Waals surface area (Å²) in [5.74, 6) is 0.994. The van der Waals surface area contributed by atoms with Gasteiger partial charge in [0.15, 0.2) is 0 Å². The number of nitrogens with two attached hydrogens (primary N) is 1. The van der Waals surface area contributed by atoms with Gasteiger partial charge in [0.05, 0.1) is 6.61 Å². The van der Waals surface area contributed by atoms with Crippen LogP contribution in [0.1, 0.15) is 64.2 Å². The van der Waals surface area contributed by atoms with Gasteiger partial charge >= 0.3 is 0 Å². The second-order valence-corrected chi connectivity index (χ2v) is 8.17. The summed E-state index contributed by atoms with van der Waals surface area (Å²) in [6.07, 6.45) is 13.1. The number of ether oxygens (including phenoxy) is 1. The number of rotatable bonds is 16. The van der Waals surface area contributed by atoms with Crippen molar-refractivity contribution in [2.24, 2.45) is 5.73 Å². The minimum atomic E-state index is 0. The van der Waals surface area contributed by atoms with E-state index in [4.69, 9.17) is 10.5 Å². The molecule has 0 bridgehead atoms. The highest BCUT2D eigenvalue weighted by Gasteiger charge is 2.15. The summed E-state index contributed by atoms with van der Waals surface area (Å²) in [5.41, 5.74) is 5.55. The number of piperazine rings is 1. The molecule has 7 heteroatoms. The van der Waals surface area contributed by atoms with Crippen LogP contribution in [0.5, 0.6) is 5.75 Å². The largest absolute Gasteiger partial charge is 0.494 e. The molecule has 31 heavy (non-hydrogen) atoms. The zero-order chi connectivity index (χ0) is 19.7. The van der Waals surface area contributed by atoms with Crippen LogP contribution < -0.4 is 10.5 Å². The van der Waals surface area contributed by atoms with E-state index < -0.39 is 0 Å². The van der Waals surface area contributed by atoms with Crippen LogP contribution in [0.2, 0.25) is 0 Å². The number of unbranched alkanes of at least 4 members (excludes halogenated alkanes) is 8. The third-order valence-corrected chi connectivity index (χ3v) is 5.77. The highest BCUT2D eigenvalue weighted by atomic mass is 35.5. The molecular formula is C24H46Cl3N3O. The van der Waals surface area contributed by atoms with Crippen molar-refractivity contribution in [3.63, 3.8) is 0 Å². The van der Waals surface area contributed by atoms with Crippen LogP contribution in [0.15, 0.2) is 30.3 Å². The van der Waals surface area contributed by atoms with Crippen molar-refractivity contribution in [3.05, 3.63) is 30.3 Å². The standard InChI is InChI=1S/C24H43N3O.3ClH/c25-16-10-3-1-4-11-17-26-19-21-27(22-20-26)18-12-5-2-6-13-23-28-24-14-8-7-9-15-24;;;/h7-9,14-15H,1-6,10-13,16-23,25H2;3*1H. The minimum absolute atomic E-state index is 0. The third kappa shape index (κ3) is 17.0. The Kier molecular flexibility index (Phi) is 24.4. The van der Waals surface area contributed by atoms with Gasteiger partial charge in [0.2, 0.25) is 0 Å². The Hall–Kier alpha value is -0.230. The second-order valence-electron chi connectivity index (χ2n) is 8.17. The van der Waals surface area contributed by atoms with Gasteiger partial charge in [0, 0.05) is 26.2 Å². The fraction of sp³-hybridized carbons (Fsp3) is 0.750. The highest BCUT2D eigenvalue weighted by Crippen LogP contribution is 2.11. The van der Waals surface area contributed by atoms with Crippen LogP contribution in [-0.2, 0) is 0 Å². The molecule has 1 fully saturated rings. The Morgan fingerprint density at radius 1 is 0.613 bits per heavy atom. The van der Waals surface area contributed by atoms with E-state index >= 15 is 0 Å². The van der Waals surface area contributed by atoms with Crippen LogP contribution in [-0.4, -0.2) is 62.2 Å².